The first-order valence-corrected chi connectivity index (χ1v) is 6.19. The molecule has 0 bridgehead atoms. The number of carbonyl (C=O) groups is 1. The smallest absolute Gasteiger partial charge is 0.225 e. The molecule has 0 aliphatic rings. The van der Waals surface area contributed by atoms with Crippen molar-refractivity contribution in [1.82, 2.24) is 10.6 Å². The molecule has 6 heteroatoms. The van der Waals surface area contributed by atoms with Crippen LogP contribution < -0.4 is 10.6 Å². The average Bonchev–Trinajstić information content (AvgIpc) is 2.76. The highest BCUT2D eigenvalue weighted by Crippen LogP contribution is 2.08. The SMILES string of the molecule is COCCNCCNC(=O)Cc1cccs1.Cl. The Labute approximate surface area is 112 Å². The van der Waals surface area contributed by atoms with Gasteiger partial charge in [0.1, 0.15) is 0 Å². The van der Waals surface area contributed by atoms with Crippen LogP contribution in [-0.2, 0) is 16.0 Å². The first kappa shape index (κ1) is 16.4. The van der Waals surface area contributed by atoms with Gasteiger partial charge in [-0.15, -0.1) is 23.7 Å². The second kappa shape index (κ2) is 10.5. The maximum Gasteiger partial charge on any atom is 0.225 e. The van der Waals surface area contributed by atoms with Gasteiger partial charge in [0.05, 0.1) is 13.0 Å². The van der Waals surface area contributed by atoms with Crippen LogP contribution in [0.15, 0.2) is 17.5 Å². The molecule has 0 saturated carbocycles. The number of amides is 1. The molecule has 0 aliphatic carbocycles. The molecule has 1 amide bonds. The van der Waals surface area contributed by atoms with Crippen molar-refractivity contribution in [2.24, 2.45) is 0 Å². The largest absolute Gasteiger partial charge is 0.383 e. The predicted molar refractivity (Wildman–Crippen MR) is 73.0 cm³/mol. The number of rotatable bonds is 8. The van der Waals surface area contributed by atoms with Gasteiger partial charge in [0.2, 0.25) is 5.91 Å². The highest BCUT2D eigenvalue weighted by Gasteiger charge is 2.02. The van der Waals surface area contributed by atoms with Crippen LogP contribution in [0.4, 0.5) is 0 Å². The van der Waals surface area contributed by atoms with Gasteiger partial charge in [-0.05, 0) is 11.4 Å². The molecule has 0 radical (unpaired) electrons. The number of methoxy groups -OCH3 is 1. The fraction of sp³-hybridized carbons (Fsp3) is 0.545. The zero-order valence-corrected chi connectivity index (χ0v) is 11.5. The number of thiophene rings is 1. The third-order valence-electron chi connectivity index (χ3n) is 2.02. The topological polar surface area (TPSA) is 50.4 Å². The second-order valence-corrected chi connectivity index (χ2v) is 4.38. The number of carbonyl (C=O) groups excluding carboxylic acids is 1. The van der Waals surface area contributed by atoms with Gasteiger partial charge in [-0.25, -0.2) is 0 Å². The highest BCUT2D eigenvalue weighted by atomic mass is 35.5. The van der Waals surface area contributed by atoms with Crippen molar-refractivity contribution in [2.75, 3.05) is 33.4 Å². The normalized spacial score (nSPS) is 9.71. The molecule has 98 valence electrons. The molecule has 0 saturated heterocycles. The van der Waals surface area contributed by atoms with Gasteiger partial charge in [0.15, 0.2) is 0 Å². The quantitative estimate of drug-likeness (QED) is 0.700. The van der Waals surface area contributed by atoms with E-state index in [2.05, 4.69) is 10.6 Å². The van der Waals surface area contributed by atoms with E-state index < -0.39 is 0 Å². The number of hydrogen-bond donors (Lipinski definition) is 2. The number of ether oxygens (including phenoxy) is 1. The van der Waals surface area contributed by atoms with Crippen LogP contribution in [0.3, 0.4) is 0 Å². The Kier molecular flexibility index (Phi) is 10.1. The Balaban J connectivity index is 0.00000256. The lowest BCUT2D eigenvalue weighted by molar-refractivity contribution is -0.120. The summed E-state index contributed by atoms with van der Waals surface area (Å²) in [6.45, 7) is 2.95. The molecule has 0 fully saturated rings. The summed E-state index contributed by atoms with van der Waals surface area (Å²) in [4.78, 5) is 12.5. The molecule has 1 rings (SSSR count). The zero-order valence-electron chi connectivity index (χ0n) is 9.90. The van der Waals surface area contributed by atoms with E-state index in [-0.39, 0.29) is 18.3 Å². The van der Waals surface area contributed by atoms with Crippen LogP contribution in [0, 0.1) is 0 Å². The lowest BCUT2D eigenvalue weighted by Crippen LogP contribution is -2.33. The summed E-state index contributed by atoms with van der Waals surface area (Å²) < 4.78 is 4.89. The summed E-state index contributed by atoms with van der Waals surface area (Å²) in [7, 11) is 1.67. The predicted octanol–water partition coefficient (Wildman–Crippen LogP) is 1.06. The van der Waals surface area contributed by atoms with E-state index in [0.717, 1.165) is 18.0 Å². The van der Waals surface area contributed by atoms with Gasteiger partial charge in [-0.2, -0.15) is 0 Å². The number of hydrogen-bond acceptors (Lipinski definition) is 4. The third kappa shape index (κ3) is 8.15. The minimum Gasteiger partial charge on any atom is -0.383 e. The maximum atomic E-state index is 11.4. The van der Waals surface area contributed by atoms with Crippen LogP contribution in [0.2, 0.25) is 0 Å². The van der Waals surface area contributed by atoms with Gasteiger partial charge in [-0.1, -0.05) is 6.07 Å². The first-order chi connectivity index (χ1) is 7.83. The van der Waals surface area contributed by atoms with Gasteiger partial charge >= 0.3 is 0 Å². The van der Waals surface area contributed by atoms with Crippen molar-refractivity contribution >= 4 is 29.7 Å². The molecule has 0 aromatic carbocycles. The molecular formula is C11H19ClN2O2S. The number of halogens is 1. The average molecular weight is 279 g/mol. The van der Waals surface area contributed by atoms with Gasteiger partial charge in [0.25, 0.3) is 0 Å². The summed E-state index contributed by atoms with van der Waals surface area (Å²) in [6.07, 6.45) is 0.482. The summed E-state index contributed by atoms with van der Waals surface area (Å²) in [5.74, 6) is 0.0796. The number of nitrogens with one attached hydrogen (secondary N) is 2. The minimum atomic E-state index is 0. The van der Waals surface area contributed by atoms with E-state index in [0.29, 0.717) is 19.6 Å². The van der Waals surface area contributed by atoms with E-state index in [4.69, 9.17) is 4.74 Å². The lowest BCUT2D eigenvalue weighted by atomic mass is 10.3. The van der Waals surface area contributed by atoms with Crippen LogP contribution in [0.1, 0.15) is 4.88 Å². The standard InChI is InChI=1S/C11H18N2O2S.ClH/c1-15-7-6-12-4-5-13-11(14)9-10-3-2-8-16-10;/h2-3,8,12H,4-7,9H2,1H3,(H,13,14);1H. The van der Waals surface area contributed by atoms with Crippen molar-refractivity contribution in [1.29, 1.82) is 0 Å². The van der Waals surface area contributed by atoms with Crippen molar-refractivity contribution in [3.63, 3.8) is 0 Å². The highest BCUT2D eigenvalue weighted by molar-refractivity contribution is 7.10. The fourth-order valence-corrected chi connectivity index (χ4v) is 1.93. The van der Waals surface area contributed by atoms with Crippen LogP contribution in [-0.4, -0.2) is 39.3 Å². The molecule has 1 aromatic rings. The van der Waals surface area contributed by atoms with E-state index in [1.165, 1.54) is 0 Å². The Morgan fingerprint density at radius 1 is 1.41 bits per heavy atom. The molecule has 4 nitrogen and oxygen atoms in total. The minimum absolute atomic E-state index is 0. The third-order valence-corrected chi connectivity index (χ3v) is 2.90. The molecule has 1 heterocycles. The Hall–Kier alpha value is -0.620. The summed E-state index contributed by atoms with van der Waals surface area (Å²) >= 11 is 1.61. The fourth-order valence-electron chi connectivity index (χ4n) is 1.22. The molecular weight excluding hydrogens is 260 g/mol. The summed E-state index contributed by atoms with van der Waals surface area (Å²) in [6, 6.07) is 3.93. The van der Waals surface area contributed by atoms with Gasteiger partial charge < -0.3 is 15.4 Å². The summed E-state index contributed by atoms with van der Waals surface area (Å²) in [5.41, 5.74) is 0. The van der Waals surface area contributed by atoms with Gasteiger partial charge in [0, 0.05) is 31.6 Å². The molecule has 0 aliphatic heterocycles. The Bertz CT molecular complexity index is 294. The van der Waals surface area contributed by atoms with Crippen molar-refractivity contribution in [2.45, 2.75) is 6.42 Å². The molecule has 0 atom stereocenters. The molecule has 2 N–H and O–H groups in total. The second-order valence-electron chi connectivity index (χ2n) is 3.35. The van der Waals surface area contributed by atoms with Crippen molar-refractivity contribution in [3.05, 3.63) is 22.4 Å². The molecule has 17 heavy (non-hydrogen) atoms. The molecule has 1 aromatic heterocycles. The van der Waals surface area contributed by atoms with E-state index in [1.807, 2.05) is 17.5 Å². The van der Waals surface area contributed by atoms with E-state index >= 15 is 0 Å². The summed E-state index contributed by atoms with van der Waals surface area (Å²) in [5, 5.41) is 8.01. The van der Waals surface area contributed by atoms with Crippen LogP contribution >= 0.6 is 23.7 Å². The van der Waals surface area contributed by atoms with E-state index in [1.54, 1.807) is 18.4 Å². The Morgan fingerprint density at radius 2 is 2.24 bits per heavy atom. The Morgan fingerprint density at radius 3 is 2.88 bits per heavy atom. The van der Waals surface area contributed by atoms with Crippen LogP contribution in [0.25, 0.3) is 0 Å². The van der Waals surface area contributed by atoms with Crippen LogP contribution in [0.5, 0.6) is 0 Å². The van der Waals surface area contributed by atoms with Crippen molar-refractivity contribution in [3.8, 4) is 0 Å². The van der Waals surface area contributed by atoms with Gasteiger partial charge in [-0.3, -0.25) is 4.79 Å². The monoisotopic (exact) mass is 278 g/mol. The maximum absolute atomic E-state index is 11.4. The zero-order chi connectivity index (χ0) is 11.6. The van der Waals surface area contributed by atoms with E-state index in [9.17, 15) is 4.79 Å². The van der Waals surface area contributed by atoms with Crippen molar-refractivity contribution < 1.29 is 9.53 Å². The lowest BCUT2D eigenvalue weighted by Gasteiger charge is -2.05. The molecule has 0 spiro atoms. The first-order valence-electron chi connectivity index (χ1n) is 5.31. The molecule has 0 unspecified atom stereocenters.